The zero-order valence-electron chi connectivity index (χ0n) is 12.0. The van der Waals surface area contributed by atoms with Crippen molar-refractivity contribution in [2.75, 3.05) is 24.7 Å². The number of thiophene rings is 1. The summed E-state index contributed by atoms with van der Waals surface area (Å²) in [5.74, 6) is 0.583. The molecule has 0 bridgehead atoms. The second-order valence-corrected chi connectivity index (χ2v) is 6.86. The molecule has 0 atom stereocenters. The van der Waals surface area contributed by atoms with E-state index in [0.717, 1.165) is 17.3 Å². The second-order valence-electron chi connectivity index (χ2n) is 4.20. The van der Waals surface area contributed by atoms with E-state index in [0.29, 0.717) is 9.99 Å². The van der Waals surface area contributed by atoms with Gasteiger partial charge in [-0.25, -0.2) is 4.79 Å². The molecule has 0 fully saturated rings. The van der Waals surface area contributed by atoms with Crippen molar-refractivity contribution in [3.63, 3.8) is 0 Å². The van der Waals surface area contributed by atoms with Crippen LogP contribution in [0, 0.1) is 0 Å². The highest BCUT2D eigenvalue weighted by molar-refractivity contribution is 7.99. The van der Waals surface area contributed by atoms with Gasteiger partial charge in [0.2, 0.25) is 0 Å². The van der Waals surface area contributed by atoms with Gasteiger partial charge in [-0.1, -0.05) is 18.2 Å². The average Bonchev–Trinajstić information content (AvgIpc) is 3.00. The van der Waals surface area contributed by atoms with Gasteiger partial charge in [0.25, 0.3) is 0 Å². The van der Waals surface area contributed by atoms with Gasteiger partial charge >= 0.3 is 5.97 Å². The number of carbonyl (C=O) groups is 1. The fraction of sp³-hybridized carbons (Fsp3) is 0.200. The minimum absolute atomic E-state index is 0.337. The third kappa shape index (κ3) is 5.32. The SMILES string of the molecule is COC(=O)c1ccc(NC(=S)NCCSc2ccccc2)s1. The summed E-state index contributed by atoms with van der Waals surface area (Å²) in [5.41, 5.74) is 0. The van der Waals surface area contributed by atoms with Crippen LogP contribution in [0.5, 0.6) is 0 Å². The van der Waals surface area contributed by atoms with Crippen LogP contribution in [0.1, 0.15) is 9.67 Å². The third-order valence-corrected chi connectivity index (χ3v) is 4.87. The summed E-state index contributed by atoms with van der Waals surface area (Å²) in [6.07, 6.45) is 0. The number of hydrogen-bond donors (Lipinski definition) is 2. The molecule has 0 saturated heterocycles. The Kier molecular flexibility index (Phi) is 6.70. The maximum Gasteiger partial charge on any atom is 0.348 e. The Morgan fingerprint density at radius 1 is 1.27 bits per heavy atom. The lowest BCUT2D eigenvalue weighted by molar-refractivity contribution is 0.0606. The number of thiocarbonyl (C=S) groups is 1. The van der Waals surface area contributed by atoms with Crippen molar-refractivity contribution in [3.8, 4) is 0 Å². The third-order valence-electron chi connectivity index (χ3n) is 2.63. The van der Waals surface area contributed by atoms with Crippen LogP contribution >= 0.6 is 35.3 Å². The molecule has 0 amide bonds. The van der Waals surface area contributed by atoms with Gasteiger partial charge in [-0.15, -0.1) is 23.1 Å². The van der Waals surface area contributed by atoms with Crippen LogP contribution in [0.25, 0.3) is 0 Å². The molecule has 1 aromatic carbocycles. The van der Waals surface area contributed by atoms with Crippen molar-refractivity contribution in [1.82, 2.24) is 5.32 Å². The number of rotatable bonds is 6. The topological polar surface area (TPSA) is 50.4 Å². The molecule has 22 heavy (non-hydrogen) atoms. The van der Waals surface area contributed by atoms with Gasteiger partial charge in [0.15, 0.2) is 5.11 Å². The molecule has 0 saturated carbocycles. The monoisotopic (exact) mass is 352 g/mol. The van der Waals surface area contributed by atoms with Crippen molar-refractivity contribution in [2.45, 2.75) is 4.90 Å². The molecule has 0 aliphatic heterocycles. The maximum absolute atomic E-state index is 11.4. The van der Waals surface area contributed by atoms with Crippen LogP contribution in [0.3, 0.4) is 0 Å². The summed E-state index contributed by atoms with van der Waals surface area (Å²) < 4.78 is 4.67. The van der Waals surface area contributed by atoms with Gasteiger partial charge in [-0.3, -0.25) is 0 Å². The van der Waals surface area contributed by atoms with Gasteiger partial charge < -0.3 is 15.4 Å². The fourth-order valence-corrected chi connectivity index (χ4v) is 3.52. The Hall–Kier alpha value is -1.57. The van der Waals surface area contributed by atoms with E-state index >= 15 is 0 Å². The van der Waals surface area contributed by atoms with Gasteiger partial charge in [0.05, 0.1) is 12.1 Å². The van der Waals surface area contributed by atoms with Crippen LogP contribution < -0.4 is 10.6 Å². The van der Waals surface area contributed by atoms with E-state index in [1.165, 1.54) is 23.3 Å². The minimum atomic E-state index is -0.337. The molecular formula is C15H16N2O2S3. The average molecular weight is 353 g/mol. The van der Waals surface area contributed by atoms with Crippen LogP contribution in [-0.2, 0) is 4.74 Å². The number of benzene rings is 1. The van der Waals surface area contributed by atoms with Crippen molar-refractivity contribution in [1.29, 1.82) is 0 Å². The predicted octanol–water partition coefficient (Wildman–Crippen LogP) is 3.61. The van der Waals surface area contributed by atoms with Gasteiger partial charge in [-0.2, -0.15) is 0 Å². The van der Waals surface area contributed by atoms with E-state index in [1.54, 1.807) is 17.8 Å². The van der Waals surface area contributed by atoms with E-state index in [-0.39, 0.29) is 5.97 Å². The summed E-state index contributed by atoms with van der Waals surface area (Å²) in [7, 11) is 1.37. The molecule has 0 radical (unpaired) electrons. The molecule has 1 heterocycles. The van der Waals surface area contributed by atoms with E-state index in [9.17, 15) is 4.79 Å². The molecule has 7 heteroatoms. The van der Waals surface area contributed by atoms with Crippen molar-refractivity contribution < 1.29 is 9.53 Å². The number of esters is 1. The van der Waals surface area contributed by atoms with Crippen LogP contribution in [0.2, 0.25) is 0 Å². The van der Waals surface area contributed by atoms with Crippen molar-refractivity contribution in [2.24, 2.45) is 0 Å². The maximum atomic E-state index is 11.4. The molecule has 0 unspecified atom stereocenters. The molecule has 2 rings (SSSR count). The van der Waals surface area contributed by atoms with E-state index in [1.807, 2.05) is 24.3 Å². The number of ether oxygens (including phenoxy) is 1. The molecular weight excluding hydrogens is 336 g/mol. The van der Waals surface area contributed by atoms with E-state index in [4.69, 9.17) is 12.2 Å². The van der Waals surface area contributed by atoms with Crippen molar-refractivity contribution in [3.05, 3.63) is 47.3 Å². The number of thioether (sulfide) groups is 1. The van der Waals surface area contributed by atoms with Gasteiger partial charge in [0, 0.05) is 17.2 Å². The quantitative estimate of drug-likeness (QED) is 0.358. The van der Waals surface area contributed by atoms with Crippen LogP contribution in [-0.4, -0.2) is 30.5 Å². The fourth-order valence-electron chi connectivity index (χ4n) is 1.62. The van der Waals surface area contributed by atoms with Gasteiger partial charge in [-0.05, 0) is 36.5 Å². The molecule has 2 N–H and O–H groups in total. The Bertz CT molecular complexity index is 629. The molecule has 4 nitrogen and oxygen atoms in total. The minimum Gasteiger partial charge on any atom is -0.465 e. The molecule has 0 aliphatic carbocycles. The van der Waals surface area contributed by atoms with Crippen LogP contribution in [0.4, 0.5) is 5.00 Å². The lowest BCUT2D eigenvalue weighted by Gasteiger charge is -2.08. The molecule has 116 valence electrons. The summed E-state index contributed by atoms with van der Waals surface area (Å²) in [6.45, 7) is 0.765. The first-order chi connectivity index (χ1) is 10.7. The van der Waals surface area contributed by atoms with Crippen molar-refractivity contribution >= 4 is 51.4 Å². The van der Waals surface area contributed by atoms with Crippen LogP contribution in [0.15, 0.2) is 47.4 Å². The zero-order chi connectivity index (χ0) is 15.8. The number of carbonyl (C=O) groups excluding carboxylic acids is 1. The first-order valence-corrected chi connectivity index (χ1v) is 8.81. The smallest absolute Gasteiger partial charge is 0.348 e. The standard InChI is InChI=1S/C15H16N2O2S3/c1-19-14(18)12-7-8-13(22-12)17-15(20)16-9-10-21-11-5-3-2-4-6-11/h2-8H,9-10H2,1H3,(H2,16,17,20). The molecule has 0 spiro atoms. The summed E-state index contributed by atoms with van der Waals surface area (Å²) in [5, 5.41) is 7.57. The van der Waals surface area contributed by atoms with Gasteiger partial charge in [0.1, 0.15) is 4.88 Å². The number of methoxy groups -OCH3 is 1. The molecule has 0 aliphatic rings. The Morgan fingerprint density at radius 2 is 2.05 bits per heavy atom. The predicted molar refractivity (Wildman–Crippen MR) is 97.0 cm³/mol. The summed E-state index contributed by atoms with van der Waals surface area (Å²) in [4.78, 5) is 13.2. The Balaban J connectivity index is 1.69. The molecule has 2 aromatic rings. The first-order valence-electron chi connectivity index (χ1n) is 6.60. The van der Waals surface area contributed by atoms with E-state index < -0.39 is 0 Å². The Morgan fingerprint density at radius 3 is 2.77 bits per heavy atom. The van der Waals surface area contributed by atoms with E-state index in [2.05, 4.69) is 27.5 Å². The number of anilines is 1. The highest BCUT2D eigenvalue weighted by atomic mass is 32.2. The first kappa shape index (κ1) is 16.8. The zero-order valence-corrected chi connectivity index (χ0v) is 14.4. The normalized spacial score (nSPS) is 10.0. The second kappa shape index (κ2) is 8.77. The number of nitrogens with one attached hydrogen (secondary N) is 2. The molecule has 1 aromatic heterocycles. The summed E-state index contributed by atoms with van der Waals surface area (Å²) >= 11 is 8.31. The lowest BCUT2D eigenvalue weighted by Crippen LogP contribution is -2.29. The highest BCUT2D eigenvalue weighted by Crippen LogP contribution is 2.22. The largest absolute Gasteiger partial charge is 0.465 e. The summed E-state index contributed by atoms with van der Waals surface area (Å²) in [6, 6.07) is 13.7. The Labute approximate surface area is 143 Å². The highest BCUT2D eigenvalue weighted by Gasteiger charge is 2.09. The lowest BCUT2D eigenvalue weighted by atomic mass is 10.4. The number of hydrogen-bond acceptors (Lipinski definition) is 5.